The molecular formula is C15H16BrNO3. The molecule has 1 aromatic rings. The van der Waals surface area contributed by atoms with Crippen LogP contribution in [0.4, 0.5) is 5.69 Å². The summed E-state index contributed by atoms with van der Waals surface area (Å²) in [6, 6.07) is 5.42. The highest BCUT2D eigenvalue weighted by Crippen LogP contribution is 2.36. The normalized spacial score (nSPS) is 24.4. The molecule has 4 nitrogen and oxygen atoms in total. The fraction of sp³-hybridized carbons (Fsp3) is 0.467. The summed E-state index contributed by atoms with van der Waals surface area (Å²) >= 11 is 3.34. The van der Waals surface area contributed by atoms with Crippen LogP contribution in [-0.2, 0) is 9.53 Å². The predicted octanol–water partition coefficient (Wildman–Crippen LogP) is 2.94. The second-order valence-electron chi connectivity index (χ2n) is 5.92. The van der Waals surface area contributed by atoms with Gasteiger partial charge >= 0.3 is 0 Å². The van der Waals surface area contributed by atoms with Gasteiger partial charge in [0.15, 0.2) is 0 Å². The molecule has 5 heteroatoms. The van der Waals surface area contributed by atoms with Crippen LogP contribution in [0.2, 0.25) is 0 Å². The number of rotatable bonds is 2. The molecular weight excluding hydrogens is 322 g/mol. The number of hydrogen-bond donors (Lipinski definition) is 0. The zero-order valence-electron chi connectivity index (χ0n) is 11.5. The zero-order chi connectivity index (χ0) is 14.5. The largest absolute Gasteiger partial charge is 0.370 e. The molecule has 0 aliphatic carbocycles. The van der Waals surface area contributed by atoms with Gasteiger partial charge in [0.25, 0.3) is 11.7 Å². The van der Waals surface area contributed by atoms with Crippen LogP contribution in [0.15, 0.2) is 22.7 Å². The molecule has 0 bridgehead atoms. The van der Waals surface area contributed by atoms with Crippen molar-refractivity contribution < 1.29 is 14.3 Å². The van der Waals surface area contributed by atoms with Gasteiger partial charge in [-0.25, -0.2) is 0 Å². The quantitative estimate of drug-likeness (QED) is 0.779. The lowest BCUT2D eigenvalue weighted by atomic mass is 10.1. The predicted molar refractivity (Wildman–Crippen MR) is 79.0 cm³/mol. The fourth-order valence-corrected chi connectivity index (χ4v) is 3.43. The van der Waals surface area contributed by atoms with E-state index < -0.39 is 11.7 Å². The molecule has 0 spiro atoms. The summed E-state index contributed by atoms with van der Waals surface area (Å²) in [7, 11) is 0. The maximum Gasteiger partial charge on any atom is 0.299 e. The Labute approximate surface area is 126 Å². The molecule has 1 unspecified atom stereocenters. The number of benzene rings is 1. The molecule has 0 radical (unpaired) electrons. The van der Waals surface area contributed by atoms with Gasteiger partial charge in [-0.3, -0.25) is 9.59 Å². The van der Waals surface area contributed by atoms with E-state index in [4.69, 9.17) is 4.74 Å². The Morgan fingerprint density at radius 3 is 2.80 bits per heavy atom. The third-order valence-electron chi connectivity index (χ3n) is 3.89. The smallest absolute Gasteiger partial charge is 0.299 e. The third-order valence-corrected chi connectivity index (χ3v) is 4.55. The Balaban J connectivity index is 1.87. The van der Waals surface area contributed by atoms with Gasteiger partial charge in [-0.1, -0.05) is 6.07 Å². The van der Waals surface area contributed by atoms with Crippen LogP contribution in [0, 0.1) is 0 Å². The first-order valence-corrected chi connectivity index (χ1v) is 7.51. The van der Waals surface area contributed by atoms with Crippen LogP contribution in [0.3, 0.4) is 0 Å². The van der Waals surface area contributed by atoms with Crippen molar-refractivity contribution in [1.29, 1.82) is 0 Å². The Hall–Kier alpha value is -1.20. The van der Waals surface area contributed by atoms with Crippen LogP contribution in [0.1, 0.15) is 37.0 Å². The van der Waals surface area contributed by atoms with Gasteiger partial charge in [0, 0.05) is 4.47 Å². The molecule has 106 valence electrons. The van der Waals surface area contributed by atoms with Gasteiger partial charge in [0.1, 0.15) is 0 Å². The van der Waals surface area contributed by atoms with Crippen molar-refractivity contribution >= 4 is 33.3 Å². The van der Waals surface area contributed by atoms with Crippen LogP contribution >= 0.6 is 15.9 Å². The Morgan fingerprint density at radius 1 is 1.40 bits per heavy atom. The van der Waals surface area contributed by atoms with E-state index in [0.29, 0.717) is 22.3 Å². The molecule has 20 heavy (non-hydrogen) atoms. The van der Waals surface area contributed by atoms with E-state index in [9.17, 15) is 9.59 Å². The number of nitrogens with zero attached hydrogens (tertiary/aromatic N) is 1. The summed E-state index contributed by atoms with van der Waals surface area (Å²) in [6.45, 7) is 4.54. The highest BCUT2D eigenvalue weighted by Gasteiger charge is 2.40. The van der Waals surface area contributed by atoms with E-state index in [1.54, 1.807) is 11.0 Å². The SMILES string of the molecule is CC1(C)CCC(CN2C(=O)C(=O)c3c(Br)cccc32)O1. The topological polar surface area (TPSA) is 46.6 Å². The number of carbonyl (C=O) groups excluding carboxylic acids is 2. The molecule has 1 fully saturated rings. The fourth-order valence-electron chi connectivity index (χ4n) is 2.89. The first kappa shape index (κ1) is 13.8. The van der Waals surface area contributed by atoms with Crippen molar-refractivity contribution in [3.63, 3.8) is 0 Å². The van der Waals surface area contributed by atoms with E-state index in [1.165, 1.54) is 0 Å². The molecule has 1 amide bonds. The Bertz CT molecular complexity index is 597. The number of anilines is 1. The van der Waals surface area contributed by atoms with Gasteiger partial charge in [-0.05, 0) is 54.8 Å². The van der Waals surface area contributed by atoms with Gasteiger partial charge in [-0.2, -0.15) is 0 Å². The van der Waals surface area contributed by atoms with E-state index in [1.807, 2.05) is 12.1 Å². The minimum absolute atomic E-state index is 0.00770. The second-order valence-corrected chi connectivity index (χ2v) is 6.77. The summed E-state index contributed by atoms with van der Waals surface area (Å²) in [5.41, 5.74) is 1.01. The number of ketones is 1. The van der Waals surface area contributed by atoms with Gasteiger partial charge < -0.3 is 9.64 Å². The highest BCUT2D eigenvalue weighted by atomic mass is 79.9. The lowest BCUT2D eigenvalue weighted by Gasteiger charge is -2.23. The number of Topliss-reactive ketones (excluding diaryl/α,β-unsaturated/α-hetero) is 1. The van der Waals surface area contributed by atoms with Crippen molar-refractivity contribution in [1.82, 2.24) is 0 Å². The molecule has 0 N–H and O–H groups in total. The molecule has 1 aromatic carbocycles. The first-order valence-electron chi connectivity index (χ1n) is 6.71. The first-order chi connectivity index (χ1) is 9.39. The molecule has 2 heterocycles. The van der Waals surface area contributed by atoms with Crippen LogP contribution < -0.4 is 4.90 Å². The number of carbonyl (C=O) groups is 2. The van der Waals surface area contributed by atoms with E-state index in [2.05, 4.69) is 29.8 Å². The molecule has 0 saturated carbocycles. The Kier molecular flexibility index (Phi) is 3.21. The minimum Gasteiger partial charge on any atom is -0.370 e. The number of hydrogen-bond acceptors (Lipinski definition) is 3. The summed E-state index contributed by atoms with van der Waals surface area (Å²) in [6.07, 6.45) is 1.87. The summed E-state index contributed by atoms with van der Waals surface area (Å²) < 4.78 is 6.59. The number of fused-ring (bicyclic) bond motifs is 1. The number of halogens is 1. The van der Waals surface area contributed by atoms with Gasteiger partial charge in [-0.15, -0.1) is 0 Å². The van der Waals surface area contributed by atoms with E-state index in [0.717, 1.165) is 12.8 Å². The number of amides is 1. The standard InChI is InChI=1S/C15H16BrNO3/c1-15(2)7-6-9(20-15)8-17-11-5-3-4-10(16)12(11)13(18)14(17)19/h3-5,9H,6-8H2,1-2H3. The lowest BCUT2D eigenvalue weighted by molar-refractivity contribution is -0.114. The minimum atomic E-state index is -0.458. The molecule has 1 atom stereocenters. The summed E-state index contributed by atoms with van der Waals surface area (Å²) in [5.74, 6) is -0.898. The number of ether oxygens (including phenoxy) is 1. The summed E-state index contributed by atoms with van der Waals surface area (Å²) in [5, 5.41) is 0. The van der Waals surface area contributed by atoms with Crippen molar-refractivity contribution in [3.8, 4) is 0 Å². The summed E-state index contributed by atoms with van der Waals surface area (Å²) in [4.78, 5) is 25.8. The molecule has 1 saturated heterocycles. The third kappa shape index (κ3) is 2.19. The van der Waals surface area contributed by atoms with Gasteiger partial charge in [0.2, 0.25) is 0 Å². The van der Waals surface area contributed by atoms with Crippen molar-refractivity contribution in [2.45, 2.75) is 38.4 Å². The van der Waals surface area contributed by atoms with Crippen LogP contribution in [0.5, 0.6) is 0 Å². The second kappa shape index (κ2) is 4.67. The van der Waals surface area contributed by atoms with Gasteiger partial charge in [0.05, 0.1) is 29.5 Å². The van der Waals surface area contributed by atoms with E-state index in [-0.39, 0.29) is 11.7 Å². The average molecular weight is 338 g/mol. The van der Waals surface area contributed by atoms with Crippen molar-refractivity contribution in [3.05, 3.63) is 28.2 Å². The maximum atomic E-state index is 12.2. The molecule has 0 aromatic heterocycles. The highest BCUT2D eigenvalue weighted by molar-refractivity contribution is 9.10. The lowest BCUT2D eigenvalue weighted by Crippen LogP contribution is -2.37. The average Bonchev–Trinajstić information content (AvgIpc) is 2.84. The Morgan fingerprint density at radius 2 is 2.15 bits per heavy atom. The van der Waals surface area contributed by atoms with E-state index >= 15 is 0 Å². The van der Waals surface area contributed by atoms with Crippen LogP contribution in [0.25, 0.3) is 0 Å². The monoisotopic (exact) mass is 337 g/mol. The van der Waals surface area contributed by atoms with Crippen LogP contribution in [-0.4, -0.2) is 29.9 Å². The molecule has 2 aliphatic heterocycles. The zero-order valence-corrected chi connectivity index (χ0v) is 13.1. The molecule has 3 rings (SSSR count). The maximum absolute atomic E-state index is 12.2. The van der Waals surface area contributed by atoms with Crippen molar-refractivity contribution in [2.75, 3.05) is 11.4 Å². The van der Waals surface area contributed by atoms with Crippen molar-refractivity contribution in [2.24, 2.45) is 0 Å². The molecule has 2 aliphatic rings.